The maximum absolute atomic E-state index is 12.8. The summed E-state index contributed by atoms with van der Waals surface area (Å²) < 4.78 is 43.5. The minimum absolute atomic E-state index is 0. The molecule has 0 atom stereocenters. The van der Waals surface area contributed by atoms with Crippen molar-refractivity contribution in [1.82, 2.24) is 5.32 Å². The van der Waals surface area contributed by atoms with Gasteiger partial charge in [0, 0.05) is 6.54 Å². The Hall–Kier alpha value is -1.19. The summed E-state index contributed by atoms with van der Waals surface area (Å²) in [4.78, 5) is 4.20. The van der Waals surface area contributed by atoms with Crippen LogP contribution in [0.2, 0.25) is 0 Å². The van der Waals surface area contributed by atoms with Crippen LogP contribution in [-0.4, -0.2) is 25.7 Å². The lowest BCUT2D eigenvalue weighted by atomic mass is 9.86. The molecule has 2 rings (SSSR count). The van der Waals surface area contributed by atoms with Gasteiger partial charge in [-0.25, -0.2) is 0 Å². The van der Waals surface area contributed by atoms with E-state index in [-0.39, 0.29) is 36.3 Å². The fourth-order valence-electron chi connectivity index (χ4n) is 2.13. The number of rotatable bonds is 6. The van der Waals surface area contributed by atoms with E-state index in [0.717, 1.165) is 6.07 Å². The third kappa shape index (κ3) is 6.44. The van der Waals surface area contributed by atoms with E-state index in [1.807, 2.05) is 0 Å². The van der Waals surface area contributed by atoms with Crippen LogP contribution in [0.5, 0.6) is 5.75 Å². The first-order chi connectivity index (χ1) is 10.5. The first kappa shape index (κ1) is 19.9. The Morgan fingerprint density at radius 3 is 2.61 bits per heavy atom. The minimum Gasteiger partial charge on any atom is -0.491 e. The number of aliphatic imine (C=N–C) groups is 1. The molecule has 1 saturated carbocycles. The van der Waals surface area contributed by atoms with Crippen molar-refractivity contribution in [3.05, 3.63) is 29.8 Å². The average molecular weight is 443 g/mol. The van der Waals surface area contributed by atoms with Crippen molar-refractivity contribution in [1.29, 1.82) is 0 Å². The molecule has 4 nitrogen and oxygen atoms in total. The van der Waals surface area contributed by atoms with Gasteiger partial charge >= 0.3 is 6.18 Å². The van der Waals surface area contributed by atoms with E-state index < -0.39 is 11.7 Å². The number of hydrogen-bond acceptors (Lipinski definition) is 2. The summed E-state index contributed by atoms with van der Waals surface area (Å²) in [5.41, 5.74) is 4.91. The van der Waals surface area contributed by atoms with E-state index in [1.165, 1.54) is 37.5 Å². The lowest BCUT2D eigenvalue weighted by Crippen LogP contribution is -2.35. The summed E-state index contributed by atoms with van der Waals surface area (Å²) in [6, 6.07) is 5.14. The van der Waals surface area contributed by atoms with Crippen molar-refractivity contribution in [2.75, 3.05) is 19.7 Å². The minimum atomic E-state index is -4.42. The smallest absolute Gasteiger partial charge is 0.419 e. The van der Waals surface area contributed by atoms with E-state index in [2.05, 4.69) is 10.3 Å². The third-order valence-corrected chi connectivity index (χ3v) is 3.60. The summed E-state index contributed by atoms with van der Waals surface area (Å²) in [7, 11) is 0. The highest BCUT2D eigenvalue weighted by molar-refractivity contribution is 14.0. The molecule has 1 aromatic carbocycles. The quantitative estimate of drug-likeness (QED) is 0.307. The standard InChI is InChI=1S/C15H20F3N3O.HI/c16-15(17,18)12-6-1-2-7-13(12)22-9-8-20-14(19)21-10-11-4-3-5-11;/h1-2,6-7,11H,3-5,8-10H2,(H3,19,20,21);1H. The monoisotopic (exact) mass is 443 g/mol. The van der Waals surface area contributed by atoms with Gasteiger partial charge in [-0.05, 0) is 30.9 Å². The van der Waals surface area contributed by atoms with Crippen LogP contribution in [0, 0.1) is 5.92 Å². The number of nitrogens with two attached hydrogens (primary N) is 1. The molecule has 1 fully saturated rings. The molecule has 8 heteroatoms. The van der Waals surface area contributed by atoms with Gasteiger partial charge in [0.2, 0.25) is 0 Å². The Labute approximate surface area is 150 Å². The molecular weight excluding hydrogens is 422 g/mol. The first-order valence-electron chi connectivity index (χ1n) is 7.29. The topological polar surface area (TPSA) is 59.6 Å². The van der Waals surface area contributed by atoms with Crippen LogP contribution in [0.25, 0.3) is 0 Å². The molecule has 1 aliphatic rings. The highest BCUT2D eigenvalue weighted by atomic mass is 127. The van der Waals surface area contributed by atoms with E-state index >= 15 is 0 Å². The largest absolute Gasteiger partial charge is 0.491 e. The van der Waals surface area contributed by atoms with Crippen molar-refractivity contribution < 1.29 is 17.9 Å². The lowest BCUT2D eigenvalue weighted by molar-refractivity contribution is -0.138. The van der Waals surface area contributed by atoms with Crippen molar-refractivity contribution >= 4 is 29.9 Å². The molecular formula is C15H21F3IN3O. The van der Waals surface area contributed by atoms with Crippen molar-refractivity contribution in [2.24, 2.45) is 16.6 Å². The number of hydrogen-bond donors (Lipinski definition) is 2. The molecule has 0 amide bonds. The predicted octanol–water partition coefficient (Wildman–Crippen LogP) is 3.41. The van der Waals surface area contributed by atoms with Crippen LogP contribution in [-0.2, 0) is 6.18 Å². The Morgan fingerprint density at radius 1 is 1.30 bits per heavy atom. The number of ether oxygens (including phenoxy) is 1. The molecule has 0 aliphatic heterocycles. The van der Waals surface area contributed by atoms with Crippen molar-refractivity contribution in [2.45, 2.75) is 25.4 Å². The summed E-state index contributed by atoms with van der Waals surface area (Å²) in [6.07, 6.45) is -0.796. The summed E-state index contributed by atoms with van der Waals surface area (Å²) >= 11 is 0. The van der Waals surface area contributed by atoms with Gasteiger partial charge in [-0.15, -0.1) is 24.0 Å². The fourth-order valence-corrected chi connectivity index (χ4v) is 2.13. The van der Waals surface area contributed by atoms with E-state index in [9.17, 15) is 13.2 Å². The molecule has 1 aliphatic carbocycles. The lowest BCUT2D eigenvalue weighted by Gasteiger charge is -2.23. The molecule has 23 heavy (non-hydrogen) atoms. The van der Waals surface area contributed by atoms with Crippen LogP contribution in [0.3, 0.4) is 0 Å². The number of alkyl halides is 3. The van der Waals surface area contributed by atoms with E-state index in [4.69, 9.17) is 10.5 Å². The van der Waals surface area contributed by atoms with Gasteiger partial charge < -0.3 is 15.8 Å². The number of benzene rings is 1. The highest BCUT2D eigenvalue weighted by Crippen LogP contribution is 2.35. The molecule has 0 bridgehead atoms. The van der Waals surface area contributed by atoms with Crippen LogP contribution in [0.4, 0.5) is 13.2 Å². The second kappa shape index (κ2) is 9.19. The Balaban J connectivity index is 0.00000264. The number of halogens is 4. The highest BCUT2D eigenvalue weighted by Gasteiger charge is 2.33. The number of guanidine groups is 1. The van der Waals surface area contributed by atoms with Crippen LogP contribution in [0.1, 0.15) is 24.8 Å². The molecule has 1 aromatic rings. The zero-order chi connectivity index (χ0) is 16.0. The third-order valence-electron chi connectivity index (χ3n) is 3.60. The van der Waals surface area contributed by atoms with Crippen LogP contribution < -0.4 is 15.8 Å². The SMILES string of the molecule is I.NC(=NCC1CCC1)NCCOc1ccccc1C(F)(F)F. The molecule has 0 unspecified atom stereocenters. The summed E-state index contributed by atoms with van der Waals surface area (Å²) in [6.45, 7) is 1.08. The van der Waals surface area contributed by atoms with Gasteiger partial charge in [0.15, 0.2) is 5.96 Å². The Morgan fingerprint density at radius 2 is 2.00 bits per heavy atom. The maximum Gasteiger partial charge on any atom is 0.419 e. The van der Waals surface area contributed by atoms with E-state index in [0.29, 0.717) is 25.0 Å². The second-order valence-corrected chi connectivity index (χ2v) is 5.29. The zero-order valence-electron chi connectivity index (χ0n) is 12.6. The van der Waals surface area contributed by atoms with Gasteiger partial charge in [0.25, 0.3) is 0 Å². The van der Waals surface area contributed by atoms with Crippen molar-refractivity contribution in [3.63, 3.8) is 0 Å². The normalized spacial score (nSPS) is 15.5. The second-order valence-electron chi connectivity index (χ2n) is 5.29. The zero-order valence-corrected chi connectivity index (χ0v) is 14.9. The van der Waals surface area contributed by atoms with Gasteiger partial charge in [-0.2, -0.15) is 13.2 Å². The molecule has 0 heterocycles. The summed E-state index contributed by atoms with van der Waals surface area (Å²) in [5.74, 6) is 0.747. The molecule has 0 saturated heterocycles. The Bertz CT molecular complexity index is 519. The molecule has 3 N–H and O–H groups in total. The van der Waals surface area contributed by atoms with Crippen LogP contribution >= 0.6 is 24.0 Å². The van der Waals surface area contributed by atoms with Gasteiger partial charge in [0.05, 0.1) is 12.1 Å². The predicted molar refractivity (Wildman–Crippen MR) is 94.2 cm³/mol. The molecule has 0 aromatic heterocycles. The number of nitrogens with one attached hydrogen (secondary N) is 1. The molecule has 0 spiro atoms. The molecule has 130 valence electrons. The van der Waals surface area contributed by atoms with Crippen molar-refractivity contribution in [3.8, 4) is 5.75 Å². The molecule has 0 radical (unpaired) electrons. The first-order valence-corrected chi connectivity index (χ1v) is 7.29. The number of nitrogens with zero attached hydrogens (tertiary/aromatic N) is 1. The van der Waals surface area contributed by atoms with Gasteiger partial charge in [0.1, 0.15) is 12.4 Å². The van der Waals surface area contributed by atoms with Gasteiger partial charge in [-0.3, -0.25) is 4.99 Å². The maximum atomic E-state index is 12.8. The fraction of sp³-hybridized carbons (Fsp3) is 0.533. The Kier molecular flexibility index (Phi) is 7.93. The average Bonchev–Trinajstić information content (AvgIpc) is 2.41. The van der Waals surface area contributed by atoms with Crippen LogP contribution in [0.15, 0.2) is 29.3 Å². The number of para-hydroxylation sites is 1. The summed E-state index contributed by atoms with van der Waals surface area (Å²) in [5, 5.41) is 2.84. The van der Waals surface area contributed by atoms with Gasteiger partial charge in [-0.1, -0.05) is 18.6 Å². The van der Waals surface area contributed by atoms with E-state index in [1.54, 1.807) is 0 Å².